The Labute approximate surface area is 168 Å². The zero-order chi connectivity index (χ0) is 20.3. The first kappa shape index (κ1) is 20.0. The summed E-state index contributed by atoms with van der Waals surface area (Å²) in [4.78, 5) is 29.6. The van der Waals surface area contributed by atoms with Crippen molar-refractivity contribution in [2.75, 3.05) is 20.8 Å². The van der Waals surface area contributed by atoms with Gasteiger partial charge in [-0.15, -0.1) is 5.10 Å². The Balaban J connectivity index is 2.19. The van der Waals surface area contributed by atoms with Crippen LogP contribution in [0.5, 0.6) is 11.5 Å². The fourth-order valence-electron chi connectivity index (χ4n) is 2.54. The lowest BCUT2D eigenvalue weighted by Crippen LogP contribution is -2.23. The summed E-state index contributed by atoms with van der Waals surface area (Å²) in [6.45, 7) is 3.60. The second-order valence-electron chi connectivity index (χ2n) is 5.56. The van der Waals surface area contributed by atoms with E-state index in [1.165, 1.54) is 18.4 Å². The Morgan fingerprint density at radius 1 is 1.21 bits per heavy atom. The SMILES string of the molecule is CCOC(=O)Cn1c(=NC(=O)c2snnc2C)sc2cc(OC)c(OC)cc21. The molecule has 0 aliphatic rings. The molecule has 0 fully saturated rings. The predicted molar refractivity (Wildman–Crippen MR) is 104 cm³/mol. The van der Waals surface area contributed by atoms with Crippen molar-refractivity contribution < 1.29 is 23.8 Å². The number of ether oxygens (including phenoxy) is 3. The van der Waals surface area contributed by atoms with Crippen LogP contribution in [0, 0.1) is 6.92 Å². The Morgan fingerprint density at radius 2 is 1.93 bits per heavy atom. The van der Waals surface area contributed by atoms with E-state index in [-0.39, 0.29) is 13.2 Å². The molecule has 28 heavy (non-hydrogen) atoms. The lowest BCUT2D eigenvalue weighted by Gasteiger charge is -2.09. The molecule has 9 nitrogen and oxygen atoms in total. The maximum absolute atomic E-state index is 12.6. The number of rotatable bonds is 6. The smallest absolute Gasteiger partial charge is 0.326 e. The monoisotopic (exact) mass is 422 g/mol. The molecular formula is C17H18N4O5S2. The third kappa shape index (κ3) is 3.90. The van der Waals surface area contributed by atoms with E-state index in [1.54, 1.807) is 37.7 Å². The first-order chi connectivity index (χ1) is 13.5. The molecule has 0 saturated heterocycles. The van der Waals surface area contributed by atoms with Crippen LogP contribution in [0.25, 0.3) is 10.2 Å². The van der Waals surface area contributed by atoms with Crippen LogP contribution in [-0.2, 0) is 16.1 Å². The Morgan fingerprint density at radius 3 is 2.54 bits per heavy atom. The second-order valence-corrected chi connectivity index (χ2v) is 7.32. The highest BCUT2D eigenvalue weighted by molar-refractivity contribution is 7.16. The normalized spacial score (nSPS) is 11.6. The topological polar surface area (TPSA) is 105 Å². The summed E-state index contributed by atoms with van der Waals surface area (Å²) in [5.41, 5.74) is 1.20. The summed E-state index contributed by atoms with van der Waals surface area (Å²) in [5.74, 6) is 0.155. The molecule has 0 spiro atoms. The minimum absolute atomic E-state index is 0.0879. The number of aromatic nitrogens is 3. The molecule has 1 amide bonds. The van der Waals surface area contributed by atoms with Crippen molar-refractivity contribution in [3.05, 3.63) is 27.5 Å². The van der Waals surface area contributed by atoms with E-state index in [1.807, 2.05) is 0 Å². The molecule has 0 aliphatic carbocycles. The Hall–Kier alpha value is -2.79. The number of amides is 1. The fraction of sp³-hybridized carbons (Fsp3) is 0.353. The number of carbonyl (C=O) groups is 2. The van der Waals surface area contributed by atoms with E-state index in [0.717, 1.165) is 16.2 Å². The van der Waals surface area contributed by atoms with Gasteiger partial charge in [-0.05, 0) is 25.4 Å². The average molecular weight is 422 g/mol. The van der Waals surface area contributed by atoms with Gasteiger partial charge in [-0.25, -0.2) is 0 Å². The zero-order valence-corrected chi connectivity index (χ0v) is 17.3. The van der Waals surface area contributed by atoms with E-state index in [2.05, 4.69) is 14.6 Å². The molecule has 1 aromatic carbocycles. The van der Waals surface area contributed by atoms with Crippen LogP contribution in [0.3, 0.4) is 0 Å². The molecule has 3 rings (SSSR count). The molecule has 0 atom stereocenters. The number of aryl methyl sites for hydroxylation is 1. The zero-order valence-electron chi connectivity index (χ0n) is 15.7. The molecule has 0 unspecified atom stereocenters. The lowest BCUT2D eigenvalue weighted by molar-refractivity contribution is -0.143. The third-order valence-corrected chi connectivity index (χ3v) is 5.68. The van der Waals surface area contributed by atoms with Crippen molar-refractivity contribution >= 4 is 45.0 Å². The van der Waals surface area contributed by atoms with Gasteiger partial charge < -0.3 is 18.8 Å². The van der Waals surface area contributed by atoms with Gasteiger partial charge in [-0.1, -0.05) is 15.8 Å². The van der Waals surface area contributed by atoms with Gasteiger partial charge in [0.15, 0.2) is 16.3 Å². The highest BCUT2D eigenvalue weighted by Crippen LogP contribution is 2.33. The van der Waals surface area contributed by atoms with Crippen LogP contribution in [-0.4, -0.2) is 46.9 Å². The molecule has 2 aromatic heterocycles. The van der Waals surface area contributed by atoms with Crippen LogP contribution in [0.2, 0.25) is 0 Å². The van der Waals surface area contributed by atoms with Crippen molar-refractivity contribution in [3.8, 4) is 11.5 Å². The summed E-state index contributed by atoms with van der Waals surface area (Å²) in [6.07, 6.45) is 0. The predicted octanol–water partition coefficient (Wildman–Crippen LogP) is 2.18. The van der Waals surface area contributed by atoms with Gasteiger partial charge in [-0.3, -0.25) is 9.59 Å². The number of nitrogens with zero attached hydrogens (tertiary/aromatic N) is 4. The number of benzene rings is 1. The number of methoxy groups -OCH3 is 2. The van der Waals surface area contributed by atoms with Gasteiger partial charge in [0.1, 0.15) is 11.4 Å². The van der Waals surface area contributed by atoms with Crippen LogP contribution in [0.4, 0.5) is 0 Å². The van der Waals surface area contributed by atoms with Gasteiger partial charge in [0, 0.05) is 12.1 Å². The molecule has 148 valence electrons. The van der Waals surface area contributed by atoms with Crippen molar-refractivity contribution in [1.29, 1.82) is 0 Å². The molecule has 3 aromatic rings. The fourth-order valence-corrected chi connectivity index (χ4v) is 4.12. The summed E-state index contributed by atoms with van der Waals surface area (Å²) in [6, 6.07) is 3.52. The number of thiazole rings is 1. The van der Waals surface area contributed by atoms with E-state index in [0.29, 0.717) is 32.4 Å². The van der Waals surface area contributed by atoms with E-state index in [4.69, 9.17) is 14.2 Å². The number of carbonyl (C=O) groups excluding carboxylic acids is 2. The number of esters is 1. The summed E-state index contributed by atoms with van der Waals surface area (Å²) in [7, 11) is 3.07. The average Bonchev–Trinajstić information content (AvgIpc) is 3.24. The van der Waals surface area contributed by atoms with Crippen molar-refractivity contribution in [3.63, 3.8) is 0 Å². The number of fused-ring (bicyclic) bond motifs is 1. The van der Waals surface area contributed by atoms with Crippen molar-refractivity contribution in [2.45, 2.75) is 20.4 Å². The Kier molecular flexibility index (Phi) is 6.05. The third-order valence-electron chi connectivity index (χ3n) is 3.82. The molecule has 0 aliphatic heterocycles. The maximum Gasteiger partial charge on any atom is 0.326 e. The van der Waals surface area contributed by atoms with Crippen molar-refractivity contribution in [2.24, 2.45) is 4.99 Å². The summed E-state index contributed by atoms with van der Waals surface area (Å²) >= 11 is 2.24. The highest BCUT2D eigenvalue weighted by atomic mass is 32.1. The number of hydrogen-bond donors (Lipinski definition) is 0. The highest BCUT2D eigenvalue weighted by Gasteiger charge is 2.17. The summed E-state index contributed by atoms with van der Waals surface area (Å²) < 4.78 is 21.9. The first-order valence-electron chi connectivity index (χ1n) is 8.27. The minimum atomic E-state index is -0.462. The second kappa shape index (κ2) is 8.48. The molecule has 0 bridgehead atoms. The maximum atomic E-state index is 12.6. The van der Waals surface area contributed by atoms with Crippen LogP contribution in [0.15, 0.2) is 17.1 Å². The van der Waals surface area contributed by atoms with Gasteiger partial charge in [0.25, 0.3) is 5.91 Å². The molecule has 0 saturated carbocycles. The van der Waals surface area contributed by atoms with E-state index in [9.17, 15) is 9.59 Å². The molecule has 0 N–H and O–H groups in total. The van der Waals surface area contributed by atoms with E-state index < -0.39 is 11.9 Å². The molecule has 2 heterocycles. The molecule has 0 radical (unpaired) electrons. The first-order valence-corrected chi connectivity index (χ1v) is 9.86. The van der Waals surface area contributed by atoms with Crippen LogP contribution >= 0.6 is 22.9 Å². The molecular weight excluding hydrogens is 404 g/mol. The van der Waals surface area contributed by atoms with Crippen molar-refractivity contribution in [1.82, 2.24) is 14.2 Å². The van der Waals surface area contributed by atoms with E-state index >= 15 is 0 Å². The van der Waals surface area contributed by atoms with Gasteiger partial charge >= 0.3 is 5.97 Å². The van der Waals surface area contributed by atoms with Gasteiger partial charge in [0.2, 0.25) is 0 Å². The lowest BCUT2D eigenvalue weighted by atomic mass is 10.3. The standard InChI is InChI=1S/C17H18N4O5S2/c1-5-26-14(22)8-21-10-6-11(24-3)12(25-4)7-13(10)27-17(21)18-16(23)15-9(2)19-20-28-15/h6-7H,5,8H2,1-4H3. The van der Waals surface area contributed by atoms with Gasteiger partial charge in [-0.2, -0.15) is 4.99 Å². The number of hydrogen-bond acceptors (Lipinski definition) is 9. The molecule has 11 heteroatoms. The minimum Gasteiger partial charge on any atom is -0.493 e. The largest absolute Gasteiger partial charge is 0.493 e. The van der Waals surface area contributed by atoms with Gasteiger partial charge in [0.05, 0.1) is 36.7 Å². The Bertz CT molecular complexity index is 1100. The van der Waals surface area contributed by atoms with Crippen LogP contribution < -0.4 is 14.3 Å². The van der Waals surface area contributed by atoms with Crippen LogP contribution in [0.1, 0.15) is 22.3 Å². The summed E-state index contributed by atoms with van der Waals surface area (Å²) in [5, 5.41) is 3.84. The quantitative estimate of drug-likeness (QED) is 0.561.